The van der Waals surface area contributed by atoms with Gasteiger partial charge in [0.25, 0.3) is 0 Å². The fourth-order valence-corrected chi connectivity index (χ4v) is 4.09. The first-order chi connectivity index (χ1) is 12.6. The molecule has 6 heteroatoms. The summed E-state index contributed by atoms with van der Waals surface area (Å²) in [6.07, 6.45) is 4.25. The molecule has 4 rings (SSSR count). The maximum absolute atomic E-state index is 13.3. The lowest BCUT2D eigenvalue weighted by Crippen LogP contribution is -2.33. The van der Waals surface area contributed by atoms with E-state index >= 15 is 0 Å². The maximum atomic E-state index is 13.3. The van der Waals surface area contributed by atoms with Crippen LogP contribution in [0.4, 0.5) is 4.39 Å². The summed E-state index contributed by atoms with van der Waals surface area (Å²) in [5, 5.41) is 4.88. The number of rotatable bonds is 3. The molecule has 1 amide bonds. The van der Waals surface area contributed by atoms with Crippen LogP contribution in [0.3, 0.4) is 0 Å². The summed E-state index contributed by atoms with van der Waals surface area (Å²) in [7, 11) is 0. The van der Waals surface area contributed by atoms with Crippen LogP contribution in [0.25, 0.3) is 5.69 Å². The van der Waals surface area contributed by atoms with Crippen LogP contribution in [0, 0.1) is 5.82 Å². The predicted molar refractivity (Wildman–Crippen MR) is 97.7 cm³/mol. The van der Waals surface area contributed by atoms with Crippen LogP contribution < -0.4 is 0 Å². The number of nitrogens with zero attached hydrogens (tertiary/aromatic N) is 4. The second kappa shape index (κ2) is 7.19. The van der Waals surface area contributed by atoms with Crippen LogP contribution in [0.1, 0.15) is 36.7 Å². The Bertz CT molecular complexity index is 799. The van der Waals surface area contributed by atoms with Crippen molar-refractivity contribution in [2.24, 2.45) is 0 Å². The van der Waals surface area contributed by atoms with Gasteiger partial charge in [0.15, 0.2) is 0 Å². The second-order valence-corrected chi connectivity index (χ2v) is 7.25. The van der Waals surface area contributed by atoms with E-state index in [0.717, 1.165) is 69.8 Å². The molecule has 1 aliphatic heterocycles. The molecule has 2 heterocycles. The highest BCUT2D eigenvalue weighted by Crippen LogP contribution is 2.28. The molecule has 1 aromatic carbocycles. The summed E-state index contributed by atoms with van der Waals surface area (Å²) in [6, 6.07) is 6.56. The SMILES string of the molecule is CC(=O)N1CCCN(Cc2nn(-c3ccc(F)cc3)c3c2CCC3)CC1. The minimum Gasteiger partial charge on any atom is -0.342 e. The Morgan fingerprint density at radius 2 is 1.88 bits per heavy atom. The molecular formula is C20H25FN4O. The van der Waals surface area contributed by atoms with Gasteiger partial charge in [-0.15, -0.1) is 0 Å². The standard InChI is InChI=1S/C20H25FN4O/c1-15(26)24-11-3-10-23(12-13-24)14-19-18-4-2-5-20(18)25(22-19)17-8-6-16(21)7-9-17/h6-9H,2-5,10-14H2,1H3. The van der Waals surface area contributed by atoms with Crippen molar-refractivity contribution in [2.45, 2.75) is 39.2 Å². The Balaban J connectivity index is 1.55. The third-order valence-electron chi connectivity index (χ3n) is 5.49. The molecule has 1 aromatic heterocycles. The second-order valence-electron chi connectivity index (χ2n) is 7.25. The van der Waals surface area contributed by atoms with E-state index in [9.17, 15) is 9.18 Å². The number of carbonyl (C=O) groups is 1. The van der Waals surface area contributed by atoms with Gasteiger partial charge < -0.3 is 4.90 Å². The van der Waals surface area contributed by atoms with Gasteiger partial charge in [0, 0.05) is 45.3 Å². The molecule has 5 nitrogen and oxygen atoms in total. The number of hydrogen-bond acceptors (Lipinski definition) is 3. The number of aromatic nitrogens is 2. The summed E-state index contributed by atoms with van der Waals surface area (Å²) in [5.74, 6) is -0.0642. The highest BCUT2D eigenvalue weighted by atomic mass is 19.1. The average Bonchev–Trinajstić information content (AvgIpc) is 3.13. The van der Waals surface area contributed by atoms with Crippen molar-refractivity contribution in [3.63, 3.8) is 0 Å². The van der Waals surface area contributed by atoms with E-state index in [-0.39, 0.29) is 11.7 Å². The van der Waals surface area contributed by atoms with Crippen LogP contribution in [-0.4, -0.2) is 51.7 Å². The number of benzene rings is 1. The van der Waals surface area contributed by atoms with Crippen molar-refractivity contribution in [2.75, 3.05) is 26.2 Å². The highest BCUT2D eigenvalue weighted by Gasteiger charge is 2.25. The van der Waals surface area contributed by atoms with Crippen molar-refractivity contribution in [3.8, 4) is 5.69 Å². The molecule has 0 N–H and O–H groups in total. The molecule has 138 valence electrons. The Labute approximate surface area is 153 Å². The van der Waals surface area contributed by atoms with Gasteiger partial charge in [-0.1, -0.05) is 0 Å². The molecule has 26 heavy (non-hydrogen) atoms. The Hall–Kier alpha value is -2.21. The molecule has 0 atom stereocenters. The van der Waals surface area contributed by atoms with Crippen LogP contribution >= 0.6 is 0 Å². The summed E-state index contributed by atoms with van der Waals surface area (Å²) in [4.78, 5) is 16.0. The number of hydrogen-bond donors (Lipinski definition) is 0. The van der Waals surface area contributed by atoms with Gasteiger partial charge >= 0.3 is 0 Å². The van der Waals surface area contributed by atoms with Gasteiger partial charge in [0.2, 0.25) is 5.91 Å². The smallest absolute Gasteiger partial charge is 0.219 e. The van der Waals surface area contributed by atoms with E-state index in [1.54, 1.807) is 19.1 Å². The van der Waals surface area contributed by atoms with E-state index in [1.807, 2.05) is 9.58 Å². The predicted octanol–water partition coefficient (Wildman–Crippen LogP) is 2.55. The highest BCUT2D eigenvalue weighted by molar-refractivity contribution is 5.73. The number of fused-ring (bicyclic) bond motifs is 1. The molecule has 2 aliphatic rings. The van der Waals surface area contributed by atoms with Crippen molar-refractivity contribution in [1.82, 2.24) is 19.6 Å². The summed E-state index contributed by atoms with van der Waals surface area (Å²) < 4.78 is 15.3. The summed E-state index contributed by atoms with van der Waals surface area (Å²) in [5.41, 5.74) is 4.70. The molecule has 0 spiro atoms. The zero-order chi connectivity index (χ0) is 18.1. The molecule has 1 fully saturated rings. The van der Waals surface area contributed by atoms with Crippen LogP contribution in [0.2, 0.25) is 0 Å². The van der Waals surface area contributed by atoms with Gasteiger partial charge in [-0.3, -0.25) is 9.69 Å². The Morgan fingerprint density at radius 1 is 1.08 bits per heavy atom. The van der Waals surface area contributed by atoms with Crippen LogP contribution in [-0.2, 0) is 24.2 Å². The molecule has 0 saturated carbocycles. The summed E-state index contributed by atoms with van der Waals surface area (Å²) in [6.45, 7) is 5.97. The van der Waals surface area contributed by atoms with E-state index in [2.05, 4.69) is 4.90 Å². The largest absolute Gasteiger partial charge is 0.342 e. The molecule has 0 bridgehead atoms. The third kappa shape index (κ3) is 3.38. The minimum absolute atomic E-state index is 0.160. The number of amides is 1. The van der Waals surface area contributed by atoms with Crippen molar-refractivity contribution < 1.29 is 9.18 Å². The van der Waals surface area contributed by atoms with Crippen molar-refractivity contribution >= 4 is 5.91 Å². The average molecular weight is 356 g/mol. The van der Waals surface area contributed by atoms with Crippen LogP contribution in [0.15, 0.2) is 24.3 Å². The summed E-state index contributed by atoms with van der Waals surface area (Å²) >= 11 is 0. The van der Waals surface area contributed by atoms with Crippen LogP contribution in [0.5, 0.6) is 0 Å². The Morgan fingerprint density at radius 3 is 2.65 bits per heavy atom. The van der Waals surface area contributed by atoms with Gasteiger partial charge in [0.1, 0.15) is 5.82 Å². The van der Waals surface area contributed by atoms with E-state index in [4.69, 9.17) is 5.10 Å². The van der Waals surface area contributed by atoms with E-state index in [0.29, 0.717) is 0 Å². The molecule has 2 aromatic rings. The maximum Gasteiger partial charge on any atom is 0.219 e. The quantitative estimate of drug-likeness (QED) is 0.849. The fourth-order valence-electron chi connectivity index (χ4n) is 4.09. The molecule has 1 aliphatic carbocycles. The first kappa shape index (κ1) is 17.2. The van der Waals surface area contributed by atoms with Gasteiger partial charge in [-0.25, -0.2) is 9.07 Å². The van der Waals surface area contributed by atoms with Gasteiger partial charge in [0.05, 0.1) is 11.4 Å². The zero-order valence-corrected chi connectivity index (χ0v) is 15.2. The van der Waals surface area contributed by atoms with E-state index in [1.165, 1.54) is 23.4 Å². The molecule has 0 unspecified atom stereocenters. The monoisotopic (exact) mass is 356 g/mol. The van der Waals surface area contributed by atoms with E-state index < -0.39 is 0 Å². The lowest BCUT2D eigenvalue weighted by molar-refractivity contribution is -0.128. The lowest BCUT2D eigenvalue weighted by Gasteiger charge is -2.20. The van der Waals surface area contributed by atoms with Gasteiger partial charge in [-0.2, -0.15) is 5.10 Å². The normalized spacial score (nSPS) is 18.0. The minimum atomic E-state index is -0.225. The van der Waals surface area contributed by atoms with Crippen molar-refractivity contribution in [1.29, 1.82) is 0 Å². The number of halogens is 1. The Kier molecular flexibility index (Phi) is 4.76. The number of carbonyl (C=O) groups excluding carboxylic acids is 1. The molecule has 1 saturated heterocycles. The van der Waals surface area contributed by atoms with Gasteiger partial charge in [-0.05, 0) is 55.5 Å². The first-order valence-corrected chi connectivity index (χ1v) is 9.45. The first-order valence-electron chi connectivity index (χ1n) is 9.45. The lowest BCUT2D eigenvalue weighted by atomic mass is 10.2. The zero-order valence-electron chi connectivity index (χ0n) is 15.2. The van der Waals surface area contributed by atoms with Crippen molar-refractivity contribution in [3.05, 3.63) is 47.0 Å². The topological polar surface area (TPSA) is 41.4 Å². The fraction of sp³-hybridized carbons (Fsp3) is 0.500. The molecule has 0 radical (unpaired) electrons. The third-order valence-corrected chi connectivity index (χ3v) is 5.49. The molecular weight excluding hydrogens is 331 g/mol.